The molecule has 0 aliphatic carbocycles. The minimum atomic E-state index is 0.836. The summed E-state index contributed by atoms with van der Waals surface area (Å²) in [5.41, 5.74) is 2.63. The van der Waals surface area contributed by atoms with Gasteiger partial charge in [-0.15, -0.1) is 0 Å². The van der Waals surface area contributed by atoms with Crippen LogP contribution in [0.1, 0.15) is 18.9 Å². The summed E-state index contributed by atoms with van der Waals surface area (Å²) in [5.74, 6) is 0. The van der Waals surface area contributed by atoms with Crippen molar-refractivity contribution in [2.45, 2.75) is 20.3 Å². The first-order valence-electron chi connectivity index (χ1n) is 6.79. The number of aryl methyl sites for hydroxylation is 1. The number of likely N-dealkylation sites (N-methyl/N-ethyl adjacent to an activating group) is 1. The zero-order chi connectivity index (χ0) is 13.2. The molecule has 0 saturated heterocycles. The summed E-state index contributed by atoms with van der Waals surface area (Å²) in [6, 6.07) is 8.69. The van der Waals surface area contributed by atoms with Crippen LogP contribution in [-0.4, -0.2) is 39.9 Å². The van der Waals surface area contributed by atoms with Gasteiger partial charge in [0.05, 0.1) is 0 Å². The molecule has 1 aromatic rings. The Bertz CT molecular complexity index is 328. The molecule has 18 heavy (non-hydrogen) atoms. The van der Waals surface area contributed by atoms with Gasteiger partial charge in [0.1, 0.15) is 0 Å². The summed E-state index contributed by atoms with van der Waals surface area (Å²) in [6.07, 6.45) is 1.08. The molecule has 3 nitrogen and oxygen atoms in total. The van der Waals surface area contributed by atoms with E-state index in [1.807, 2.05) is 0 Å². The lowest BCUT2D eigenvalue weighted by molar-refractivity contribution is 0.194. The molecule has 0 heterocycles. The molecular weight excluding hydrogens is 224 g/mol. The van der Waals surface area contributed by atoms with Crippen LogP contribution in [0.5, 0.6) is 0 Å². The van der Waals surface area contributed by atoms with E-state index in [1.54, 1.807) is 7.11 Å². The molecule has 0 aliphatic rings. The van der Waals surface area contributed by atoms with Gasteiger partial charge in [-0.2, -0.15) is 0 Å². The first kappa shape index (κ1) is 15.0. The number of methoxy groups -OCH3 is 1. The summed E-state index contributed by atoms with van der Waals surface area (Å²) < 4.78 is 5.02. The quantitative estimate of drug-likeness (QED) is 0.681. The third-order valence-corrected chi connectivity index (χ3v) is 3.01. The summed E-state index contributed by atoms with van der Waals surface area (Å²) in [4.78, 5) is 2.40. The summed E-state index contributed by atoms with van der Waals surface area (Å²) >= 11 is 0. The van der Waals surface area contributed by atoms with Crippen LogP contribution in [0, 0.1) is 6.92 Å². The molecule has 3 heteroatoms. The predicted molar refractivity (Wildman–Crippen MR) is 78.4 cm³/mol. The molecule has 1 aromatic carbocycles. The number of nitrogens with zero attached hydrogens (tertiary/aromatic N) is 1. The van der Waals surface area contributed by atoms with Gasteiger partial charge in [0.15, 0.2) is 0 Å². The molecule has 0 fully saturated rings. The number of rotatable bonds is 9. The van der Waals surface area contributed by atoms with Gasteiger partial charge in [-0.25, -0.2) is 0 Å². The van der Waals surface area contributed by atoms with Crippen molar-refractivity contribution in [1.82, 2.24) is 5.32 Å². The van der Waals surface area contributed by atoms with Crippen molar-refractivity contribution in [2.24, 2.45) is 0 Å². The first-order valence-corrected chi connectivity index (χ1v) is 6.79. The second-order valence-electron chi connectivity index (χ2n) is 4.52. The molecule has 0 amide bonds. The van der Waals surface area contributed by atoms with E-state index < -0.39 is 0 Å². The molecule has 0 bridgehead atoms. The van der Waals surface area contributed by atoms with Crippen molar-refractivity contribution < 1.29 is 4.74 Å². The van der Waals surface area contributed by atoms with E-state index in [-0.39, 0.29) is 0 Å². The Hall–Kier alpha value is -1.06. The highest BCUT2D eigenvalue weighted by Crippen LogP contribution is 2.14. The van der Waals surface area contributed by atoms with E-state index in [0.717, 1.165) is 39.2 Å². The maximum Gasteiger partial charge on any atom is 0.0474 e. The van der Waals surface area contributed by atoms with E-state index in [0.29, 0.717) is 0 Å². The number of hydrogen-bond acceptors (Lipinski definition) is 3. The highest BCUT2D eigenvalue weighted by atomic mass is 16.5. The van der Waals surface area contributed by atoms with E-state index >= 15 is 0 Å². The standard InChI is InChI=1S/C15H26N2O/c1-4-17(11-10-16-9-6-12-18-3)15-8-5-7-14(2)13-15/h5,7-8,13,16H,4,6,9-12H2,1-3H3. The van der Waals surface area contributed by atoms with Crippen LogP contribution in [0.2, 0.25) is 0 Å². The molecule has 0 aliphatic heterocycles. The average molecular weight is 250 g/mol. The van der Waals surface area contributed by atoms with Gasteiger partial charge in [0.25, 0.3) is 0 Å². The number of ether oxygens (including phenoxy) is 1. The van der Waals surface area contributed by atoms with Gasteiger partial charge >= 0.3 is 0 Å². The molecule has 1 N–H and O–H groups in total. The predicted octanol–water partition coefficient (Wildman–Crippen LogP) is 2.45. The summed E-state index contributed by atoms with van der Waals surface area (Å²) in [5, 5.41) is 3.45. The highest BCUT2D eigenvalue weighted by molar-refractivity contribution is 5.48. The minimum Gasteiger partial charge on any atom is -0.385 e. The van der Waals surface area contributed by atoms with Gasteiger partial charge in [-0.1, -0.05) is 12.1 Å². The van der Waals surface area contributed by atoms with Gasteiger partial charge in [0, 0.05) is 39.0 Å². The number of benzene rings is 1. The monoisotopic (exact) mass is 250 g/mol. The van der Waals surface area contributed by atoms with Crippen molar-refractivity contribution in [2.75, 3.05) is 44.8 Å². The maximum absolute atomic E-state index is 5.02. The molecule has 0 radical (unpaired) electrons. The SMILES string of the molecule is CCN(CCNCCCOC)c1cccc(C)c1. The van der Waals surface area contributed by atoms with Crippen molar-refractivity contribution in [3.63, 3.8) is 0 Å². The second kappa shape index (κ2) is 8.95. The number of anilines is 1. The third kappa shape index (κ3) is 5.52. The zero-order valence-corrected chi connectivity index (χ0v) is 11.9. The van der Waals surface area contributed by atoms with Crippen LogP contribution in [0.15, 0.2) is 24.3 Å². The molecule has 0 aromatic heterocycles. The van der Waals surface area contributed by atoms with Crippen LogP contribution in [0.3, 0.4) is 0 Å². The van der Waals surface area contributed by atoms with E-state index in [9.17, 15) is 0 Å². The van der Waals surface area contributed by atoms with Crippen LogP contribution in [0.4, 0.5) is 5.69 Å². The lowest BCUT2D eigenvalue weighted by Gasteiger charge is -2.23. The topological polar surface area (TPSA) is 24.5 Å². The summed E-state index contributed by atoms with van der Waals surface area (Å²) in [7, 11) is 1.75. The third-order valence-electron chi connectivity index (χ3n) is 3.01. The molecule has 102 valence electrons. The van der Waals surface area contributed by atoms with Crippen LogP contribution < -0.4 is 10.2 Å². The Morgan fingerprint density at radius 1 is 1.28 bits per heavy atom. The fourth-order valence-corrected chi connectivity index (χ4v) is 1.97. The van der Waals surface area contributed by atoms with Gasteiger partial charge in [0.2, 0.25) is 0 Å². The van der Waals surface area contributed by atoms with Crippen LogP contribution >= 0.6 is 0 Å². The normalized spacial score (nSPS) is 10.6. The van der Waals surface area contributed by atoms with Gasteiger partial charge in [-0.05, 0) is 44.5 Å². The molecule has 0 spiro atoms. The smallest absolute Gasteiger partial charge is 0.0474 e. The van der Waals surface area contributed by atoms with Crippen molar-refractivity contribution in [3.8, 4) is 0 Å². The van der Waals surface area contributed by atoms with Crippen LogP contribution in [0.25, 0.3) is 0 Å². The Labute approximate surface area is 111 Å². The van der Waals surface area contributed by atoms with Gasteiger partial charge < -0.3 is 15.0 Å². The van der Waals surface area contributed by atoms with E-state index in [1.165, 1.54) is 11.3 Å². The maximum atomic E-state index is 5.02. The highest BCUT2D eigenvalue weighted by Gasteiger charge is 2.03. The van der Waals surface area contributed by atoms with Crippen LogP contribution in [-0.2, 0) is 4.74 Å². The second-order valence-corrected chi connectivity index (χ2v) is 4.52. The zero-order valence-electron chi connectivity index (χ0n) is 11.9. The molecule has 0 saturated carbocycles. The van der Waals surface area contributed by atoms with Gasteiger partial charge in [-0.3, -0.25) is 0 Å². The van der Waals surface area contributed by atoms with E-state index in [4.69, 9.17) is 4.74 Å². The number of hydrogen-bond donors (Lipinski definition) is 1. The molecule has 0 unspecified atom stereocenters. The Morgan fingerprint density at radius 3 is 2.78 bits per heavy atom. The van der Waals surface area contributed by atoms with Crippen molar-refractivity contribution >= 4 is 5.69 Å². The van der Waals surface area contributed by atoms with Crippen molar-refractivity contribution in [1.29, 1.82) is 0 Å². The Kier molecular flexibility index (Phi) is 7.46. The lowest BCUT2D eigenvalue weighted by Crippen LogP contribution is -2.32. The fourth-order valence-electron chi connectivity index (χ4n) is 1.97. The number of nitrogens with one attached hydrogen (secondary N) is 1. The van der Waals surface area contributed by atoms with Crippen molar-refractivity contribution in [3.05, 3.63) is 29.8 Å². The minimum absolute atomic E-state index is 0.836. The average Bonchev–Trinajstić information content (AvgIpc) is 2.38. The Balaban J connectivity index is 2.29. The Morgan fingerprint density at radius 2 is 2.11 bits per heavy atom. The molecule has 0 atom stereocenters. The fraction of sp³-hybridized carbons (Fsp3) is 0.600. The van der Waals surface area contributed by atoms with E-state index in [2.05, 4.69) is 48.3 Å². The lowest BCUT2D eigenvalue weighted by atomic mass is 10.2. The first-order chi connectivity index (χ1) is 8.77. The largest absolute Gasteiger partial charge is 0.385 e. The molecular formula is C15H26N2O. The molecule has 1 rings (SSSR count). The summed E-state index contributed by atoms with van der Waals surface area (Å²) in [6.45, 7) is 9.32.